The van der Waals surface area contributed by atoms with Gasteiger partial charge in [0.25, 0.3) is 0 Å². The van der Waals surface area contributed by atoms with E-state index in [1.54, 1.807) is 0 Å². The van der Waals surface area contributed by atoms with Crippen LogP contribution in [0.3, 0.4) is 0 Å². The van der Waals surface area contributed by atoms with Crippen LogP contribution >= 0.6 is 0 Å². The van der Waals surface area contributed by atoms with Gasteiger partial charge in [-0.15, -0.1) is 0 Å². The second kappa shape index (κ2) is 3.42. The Morgan fingerprint density at radius 1 is 1.58 bits per heavy atom. The maximum atomic E-state index is 10.9. The number of urea groups is 1. The van der Waals surface area contributed by atoms with Crippen LogP contribution in [-0.2, 0) is 4.79 Å². The van der Waals surface area contributed by atoms with E-state index in [9.17, 15) is 9.59 Å². The van der Waals surface area contributed by atoms with Crippen molar-refractivity contribution in [2.75, 3.05) is 6.54 Å². The molecule has 2 atom stereocenters. The molecule has 5 heteroatoms. The minimum atomic E-state index is -1.03. The van der Waals surface area contributed by atoms with Gasteiger partial charge in [0.1, 0.15) is 6.54 Å². The molecular formula is C7H12N2O3. The maximum Gasteiger partial charge on any atom is 0.323 e. The molecule has 5 nitrogen and oxygen atoms in total. The molecule has 0 radical (unpaired) electrons. The topological polar surface area (TPSA) is 78.4 Å². The molecule has 1 aliphatic rings. The number of carbonyl (C=O) groups is 2. The second-order valence-corrected chi connectivity index (χ2v) is 3.04. The summed E-state index contributed by atoms with van der Waals surface area (Å²) >= 11 is 0. The van der Waals surface area contributed by atoms with Crippen molar-refractivity contribution in [3.63, 3.8) is 0 Å². The molecule has 68 valence electrons. The number of hydrogen-bond donors (Lipinski definition) is 3. The molecule has 2 amide bonds. The average Bonchev–Trinajstić information content (AvgIpc) is 2.62. The lowest BCUT2D eigenvalue weighted by Gasteiger charge is -2.03. The highest BCUT2D eigenvalue weighted by molar-refractivity contribution is 5.80. The van der Waals surface area contributed by atoms with Crippen molar-refractivity contribution >= 4 is 12.0 Å². The Balaban J connectivity index is 2.08. The molecule has 1 saturated carbocycles. The smallest absolute Gasteiger partial charge is 0.323 e. The fourth-order valence-corrected chi connectivity index (χ4v) is 0.898. The van der Waals surface area contributed by atoms with E-state index in [4.69, 9.17) is 5.11 Å². The van der Waals surface area contributed by atoms with E-state index in [0.29, 0.717) is 5.92 Å². The highest BCUT2D eigenvalue weighted by Gasteiger charge is 2.33. The van der Waals surface area contributed by atoms with Gasteiger partial charge in [-0.05, 0) is 12.3 Å². The number of rotatable bonds is 3. The molecule has 0 heterocycles. The van der Waals surface area contributed by atoms with E-state index in [2.05, 4.69) is 10.6 Å². The number of aliphatic carboxylic acids is 1. The number of nitrogens with one attached hydrogen (secondary N) is 2. The monoisotopic (exact) mass is 172 g/mol. The Morgan fingerprint density at radius 2 is 2.17 bits per heavy atom. The fourth-order valence-electron chi connectivity index (χ4n) is 0.898. The van der Waals surface area contributed by atoms with Crippen molar-refractivity contribution in [2.45, 2.75) is 19.4 Å². The molecule has 1 aliphatic carbocycles. The van der Waals surface area contributed by atoms with Crippen LogP contribution in [0, 0.1) is 5.92 Å². The number of carbonyl (C=O) groups excluding carboxylic acids is 1. The SMILES string of the molecule is CC1CC1NC(=O)NCC(=O)O. The molecule has 0 aromatic carbocycles. The van der Waals surface area contributed by atoms with E-state index in [1.807, 2.05) is 6.92 Å². The summed E-state index contributed by atoms with van der Waals surface area (Å²) in [7, 11) is 0. The van der Waals surface area contributed by atoms with E-state index >= 15 is 0 Å². The van der Waals surface area contributed by atoms with Crippen molar-refractivity contribution in [3.05, 3.63) is 0 Å². The predicted octanol–water partition coefficient (Wildman–Crippen LogP) is -0.221. The molecule has 1 rings (SSSR count). The highest BCUT2D eigenvalue weighted by atomic mass is 16.4. The first-order valence-electron chi connectivity index (χ1n) is 3.85. The van der Waals surface area contributed by atoms with Gasteiger partial charge in [-0.3, -0.25) is 4.79 Å². The number of carboxylic acid groups (broad SMARTS) is 1. The first kappa shape index (κ1) is 8.83. The quantitative estimate of drug-likeness (QED) is 0.550. The lowest BCUT2D eigenvalue weighted by atomic mass is 10.5. The Kier molecular flexibility index (Phi) is 2.52. The van der Waals surface area contributed by atoms with Crippen LogP contribution in [0.1, 0.15) is 13.3 Å². The predicted molar refractivity (Wildman–Crippen MR) is 41.7 cm³/mol. The third kappa shape index (κ3) is 2.77. The first-order valence-corrected chi connectivity index (χ1v) is 3.85. The third-order valence-electron chi connectivity index (χ3n) is 1.83. The molecule has 1 fully saturated rings. The highest BCUT2D eigenvalue weighted by Crippen LogP contribution is 2.28. The Bertz CT molecular complexity index is 205. The third-order valence-corrected chi connectivity index (χ3v) is 1.83. The van der Waals surface area contributed by atoms with Crippen molar-refractivity contribution < 1.29 is 14.7 Å². The molecule has 0 bridgehead atoms. The van der Waals surface area contributed by atoms with E-state index < -0.39 is 12.0 Å². The molecule has 0 aromatic heterocycles. The lowest BCUT2D eigenvalue weighted by Crippen LogP contribution is -2.39. The summed E-state index contributed by atoms with van der Waals surface area (Å²) in [6.07, 6.45) is 0.987. The molecule has 12 heavy (non-hydrogen) atoms. The Labute approximate surface area is 70.1 Å². The summed E-state index contributed by atoms with van der Waals surface area (Å²) in [4.78, 5) is 20.9. The molecule has 0 spiro atoms. The zero-order chi connectivity index (χ0) is 9.14. The summed E-state index contributed by atoms with van der Waals surface area (Å²) in [5.41, 5.74) is 0. The minimum Gasteiger partial charge on any atom is -0.480 e. The zero-order valence-corrected chi connectivity index (χ0v) is 6.83. The van der Waals surface area contributed by atoms with Gasteiger partial charge in [-0.25, -0.2) is 4.79 Å². The van der Waals surface area contributed by atoms with Crippen LogP contribution in [0.4, 0.5) is 4.79 Å². The van der Waals surface area contributed by atoms with Gasteiger partial charge < -0.3 is 15.7 Å². The Morgan fingerprint density at radius 3 is 2.58 bits per heavy atom. The van der Waals surface area contributed by atoms with Crippen molar-refractivity contribution in [1.82, 2.24) is 10.6 Å². The lowest BCUT2D eigenvalue weighted by molar-refractivity contribution is -0.135. The molecule has 2 unspecified atom stereocenters. The van der Waals surface area contributed by atoms with E-state index in [0.717, 1.165) is 6.42 Å². The summed E-state index contributed by atoms with van der Waals surface area (Å²) < 4.78 is 0. The van der Waals surface area contributed by atoms with Gasteiger partial charge >= 0.3 is 12.0 Å². The molecule has 3 N–H and O–H groups in total. The summed E-state index contributed by atoms with van der Waals surface area (Å²) in [6, 6.07) is -0.162. The Hall–Kier alpha value is -1.26. The standard InChI is InChI=1S/C7H12N2O3/c1-4-2-5(4)9-7(12)8-3-6(10)11/h4-5H,2-3H2,1H3,(H,10,11)(H2,8,9,12). The zero-order valence-electron chi connectivity index (χ0n) is 6.83. The normalized spacial score (nSPS) is 26.1. The van der Waals surface area contributed by atoms with Crippen molar-refractivity contribution in [2.24, 2.45) is 5.92 Å². The van der Waals surface area contributed by atoms with Crippen LogP contribution in [0.5, 0.6) is 0 Å². The first-order chi connectivity index (χ1) is 5.59. The van der Waals surface area contributed by atoms with Gasteiger partial charge in [0.15, 0.2) is 0 Å². The van der Waals surface area contributed by atoms with Crippen molar-refractivity contribution in [3.8, 4) is 0 Å². The minimum absolute atomic E-state index is 0.235. The molecular weight excluding hydrogens is 160 g/mol. The van der Waals surface area contributed by atoms with Gasteiger partial charge in [0.05, 0.1) is 0 Å². The maximum absolute atomic E-state index is 10.9. The van der Waals surface area contributed by atoms with Gasteiger partial charge in [0, 0.05) is 6.04 Å². The average molecular weight is 172 g/mol. The largest absolute Gasteiger partial charge is 0.480 e. The summed E-state index contributed by atoms with van der Waals surface area (Å²) in [5.74, 6) is -0.505. The van der Waals surface area contributed by atoms with E-state index in [-0.39, 0.29) is 12.6 Å². The second-order valence-electron chi connectivity index (χ2n) is 3.04. The molecule has 0 aliphatic heterocycles. The van der Waals surface area contributed by atoms with Crippen LogP contribution in [0.25, 0.3) is 0 Å². The summed E-state index contributed by atoms with van der Waals surface area (Å²) in [5, 5.41) is 13.1. The van der Waals surface area contributed by atoms with Crippen molar-refractivity contribution in [1.29, 1.82) is 0 Å². The van der Waals surface area contributed by atoms with Gasteiger partial charge in [-0.2, -0.15) is 0 Å². The van der Waals surface area contributed by atoms with Crippen LogP contribution < -0.4 is 10.6 Å². The number of carboxylic acids is 1. The summed E-state index contributed by atoms with van der Waals surface area (Å²) in [6.45, 7) is 1.70. The van der Waals surface area contributed by atoms with Crippen LogP contribution in [-0.4, -0.2) is 29.7 Å². The van der Waals surface area contributed by atoms with Gasteiger partial charge in [0.2, 0.25) is 0 Å². The van der Waals surface area contributed by atoms with E-state index in [1.165, 1.54) is 0 Å². The van der Waals surface area contributed by atoms with Gasteiger partial charge in [-0.1, -0.05) is 6.92 Å². The number of hydrogen-bond acceptors (Lipinski definition) is 2. The fraction of sp³-hybridized carbons (Fsp3) is 0.714. The van der Waals surface area contributed by atoms with Crippen LogP contribution in [0.15, 0.2) is 0 Å². The molecule has 0 saturated heterocycles. The van der Waals surface area contributed by atoms with Crippen LogP contribution in [0.2, 0.25) is 0 Å². The molecule has 0 aromatic rings. The number of amides is 2.